The molecule has 0 unspecified atom stereocenters. The summed E-state index contributed by atoms with van der Waals surface area (Å²) in [5, 5.41) is 3.77. The van der Waals surface area contributed by atoms with Crippen molar-refractivity contribution >= 4 is 15.7 Å². The Morgan fingerprint density at radius 1 is 1.44 bits per heavy atom. The maximum Gasteiger partial charge on any atom is 0.251 e. The third-order valence-corrected chi connectivity index (χ3v) is 3.97. The molecule has 18 heavy (non-hydrogen) atoms. The van der Waals surface area contributed by atoms with Gasteiger partial charge in [-0.1, -0.05) is 6.07 Å². The van der Waals surface area contributed by atoms with Gasteiger partial charge in [-0.25, -0.2) is 8.42 Å². The highest BCUT2D eigenvalue weighted by Crippen LogP contribution is 2.13. The van der Waals surface area contributed by atoms with E-state index in [2.05, 4.69) is 5.32 Å². The van der Waals surface area contributed by atoms with Crippen LogP contribution in [-0.4, -0.2) is 33.2 Å². The smallest absolute Gasteiger partial charge is 0.251 e. The number of carbonyl (C=O) groups is 1. The van der Waals surface area contributed by atoms with Crippen LogP contribution in [0.3, 0.4) is 0 Å². The van der Waals surface area contributed by atoms with E-state index >= 15 is 0 Å². The number of rotatable bonds is 3. The molecule has 0 fully saturated rings. The second kappa shape index (κ2) is 4.81. The van der Waals surface area contributed by atoms with Crippen molar-refractivity contribution in [3.63, 3.8) is 0 Å². The van der Waals surface area contributed by atoms with Crippen LogP contribution in [0.25, 0.3) is 0 Å². The van der Waals surface area contributed by atoms with Crippen molar-refractivity contribution < 1.29 is 17.9 Å². The summed E-state index contributed by atoms with van der Waals surface area (Å²) in [4.78, 5) is 11.9. The van der Waals surface area contributed by atoms with Gasteiger partial charge >= 0.3 is 0 Å². The molecule has 2 rings (SSSR count). The van der Waals surface area contributed by atoms with Crippen LogP contribution in [-0.2, 0) is 9.84 Å². The van der Waals surface area contributed by atoms with Crippen molar-refractivity contribution in [1.29, 1.82) is 0 Å². The minimum Gasteiger partial charge on any atom is -0.497 e. The summed E-state index contributed by atoms with van der Waals surface area (Å²) >= 11 is 0. The fourth-order valence-electron chi connectivity index (χ4n) is 1.68. The van der Waals surface area contributed by atoms with Gasteiger partial charge in [0, 0.05) is 11.0 Å². The minimum atomic E-state index is -3.16. The van der Waals surface area contributed by atoms with Gasteiger partial charge in [-0.15, -0.1) is 0 Å². The van der Waals surface area contributed by atoms with Crippen LogP contribution in [0.4, 0.5) is 0 Å². The van der Waals surface area contributed by atoms with E-state index in [1.807, 2.05) is 0 Å². The Hall–Kier alpha value is -1.82. The van der Waals surface area contributed by atoms with Gasteiger partial charge in [0.05, 0.1) is 18.9 Å². The predicted molar refractivity (Wildman–Crippen MR) is 67.2 cm³/mol. The molecule has 1 amide bonds. The first-order valence-electron chi connectivity index (χ1n) is 5.36. The quantitative estimate of drug-likeness (QED) is 0.876. The molecule has 1 heterocycles. The van der Waals surface area contributed by atoms with E-state index in [1.54, 1.807) is 24.3 Å². The Bertz CT molecular complexity index is 592. The normalized spacial score (nSPS) is 20.6. The third kappa shape index (κ3) is 2.89. The molecule has 6 heteroatoms. The van der Waals surface area contributed by atoms with Gasteiger partial charge in [0.25, 0.3) is 5.91 Å². The molecule has 5 nitrogen and oxygen atoms in total. The van der Waals surface area contributed by atoms with Crippen molar-refractivity contribution in [1.82, 2.24) is 5.32 Å². The number of amides is 1. The number of nitrogens with one attached hydrogen (secondary N) is 1. The van der Waals surface area contributed by atoms with Gasteiger partial charge in [-0.2, -0.15) is 0 Å². The number of sulfone groups is 1. The highest BCUT2D eigenvalue weighted by molar-refractivity contribution is 7.94. The standard InChI is InChI=1S/C12H13NO4S/c1-17-11-4-2-3-9(7-11)12(14)13-10-5-6-18(15,16)8-10/h2-7,10H,8H2,1H3,(H,13,14)/t10-/m0/s1. The van der Waals surface area contributed by atoms with Gasteiger partial charge in [0.15, 0.2) is 9.84 Å². The molecule has 0 radical (unpaired) electrons. The lowest BCUT2D eigenvalue weighted by atomic mass is 10.2. The van der Waals surface area contributed by atoms with Crippen molar-refractivity contribution in [3.05, 3.63) is 41.3 Å². The Labute approximate surface area is 105 Å². The first-order valence-corrected chi connectivity index (χ1v) is 7.07. The predicted octanol–water partition coefficient (Wildman–Crippen LogP) is 0.736. The fourth-order valence-corrected chi connectivity index (χ4v) is 2.92. The molecule has 1 aromatic carbocycles. The van der Waals surface area contributed by atoms with Crippen LogP contribution in [0, 0.1) is 0 Å². The molecular formula is C12H13NO4S. The molecule has 1 atom stereocenters. The van der Waals surface area contributed by atoms with E-state index < -0.39 is 15.9 Å². The van der Waals surface area contributed by atoms with Gasteiger partial charge in [-0.3, -0.25) is 4.79 Å². The van der Waals surface area contributed by atoms with Gasteiger partial charge in [0.2, 0.25) is 0 Å². The Kier molecular flexibility index (Phi) is 3.38. The molecule has 0 aliphatic carbocycles. The summed E-state index contributed by atoms with van der Waals surface area (Å²) < 4.78 is 27.4. The maximum absolute atomic E-state index is 11.9. The highest BCUT2D eigenvalue weighted by Gasteiger charge is 2.23. The Morgan fingerprint density at radius 2 is 2.22 bits per heavy atom. The first-order chi connectivity index (χ1) is 8.50. The van der Waals surface area contributed by atoms with E-state index in [1.165, 1.54) is 13.2 Å². The lowest BCUT2D eigenvalue weighted by Crippen LogP contribution is -2.35. The zero-order chi connectivity index (χ0) is 13.2. The number of methoxy groups -OCH3 is 1. The number of benzene rings is 1. The Morgan fingerprint density at radius 3 is 2.83 bits per heavy atom. The van der Waals surface area contributed by atoms with E-state index in [4.69, 9.17) is 4.74 Å². The van der Waals surface area contributed by atoms with Crippen LogP contribution < -0.4 is 10.1 Å². The van der Waals surface area contributed by atoms with Crippen molar-refractivity contribution in [2.45, 2.75) is 6.04 Å². The SMILES string of the molecule is COc1cccc(C(=O)N[C@H]2C=CS(=O)(=O)C2)c1. The summed E-state index contributed by atoms with van der Waals surface area (Å²) in [5.41, 5.74) is 0.437. The molecule has 96 valence electrons. The monoisotopic (exact) mass is 267 g/mol. The molecule has 0 saturated carbocycles. The van der Waals surface area contributed by atoms with Crippen LogP contribution in [0.1, 0.15) is 10.4 Å². The first kappa shape index (κ1) is 12.6. The minimum absolute atomic E-state index is 0.0806. The average Bonchev–Trinajstić information content (AvgIpc) is 2.68. The molecule has 1 aliphatic heterocycles. The lowest BCUT2D eigenvalue weighted by molar-refractivity contribution is 0.0947. The highest BCUT2D eigenvalue weighted by atomic mass is 32.2. The molecule has 0 saturated heterocycles. The van der Waals surface area contributed by atoms with Crippen molar-refractivity contribution in [3.8, 4) is 5.75 Å². The summed E-state index contributed by atoms with van der Waals surface area (Å²) in [5.74, 6) is 0.181. The molecule has 1 aromatic rings. The Balaban J connectivity index is 2.06. The summed E-state index contributed by atoms with van der Waals surface area (Å²) in [6, 6.07) is 6.22. The zero-order valence-corrected chi connectivity index (χ0v) is 10.6. The molecular weight excluding hydrogens is 254 g/mol. The van der Waals surface area contributed by atoms with Gasteiger partial charge in [-0.05, 0) is 24.3 Å². The molecule has 1 N–H and O–H groups in total. The van der Waals surface area contributed by atoms with Gasteiger partial charge in [0.1, 0.15) is 5.75 Å². The van der Waals surface area contributed by atoms with Crippen LogP contribution >= 0.6 is 0 Å². The second-order valence-electron chi connectivity index (χ2n) is 3.97. The van der Waals surface area contributed by atoms with E-state index in [9.17, 15) is 13.2 Å². The lowest BCUT2D eigenvalue weighted by Gasteiger charge is -2.10. The van der Waals surface area contributed by atoms with E-state index in [0.717, 1.165) is 5.41 Å². The van der Waals surface area contributed by atoms with E-state index in [0.29, 0.717) is 11.3 Å². The van der Waals surface area contributed by atoms with Crippen LogP contribution in [0.15, 0.2) is 35.7 Å². The topological polar surface area (TPSA) is 72.5 Å². The largest absolute Gasteiger partial charge is 0.497 e. The van der Waals surface area contributed by atoms with E-state index in [-0.39, 0.29) is 11.7 Å². The second-order valence-corrected chi connectivity index (χ2v) is 5.90. The van der Waals surface area contributed by atoms with Crippen molar-refractivity contribution in [2.24, 2.45) is 0 Å². The fraction of sp³-hybridized carbons (Fsp3) is 0.250. The van der Waals surface area contributed by atoms with Crippen LogP contribution in [0.5, 0.6) is 5.75 Å². The maximum atomic E-state index is 11.9. The molecule has 0 spiro atoms. The molecule has 0 aromatic heterocycles. The van der Waals surface area contributed by atoms with Crippen molar-refractivity contribution in [2.75, 3.05) is 12.9 Å². The summed E-state index contributed by atoms with van der Waals surface area (Å²) in [6.07, 6.45) is 1.48. The summed E-state index contributed by atoms with van der Waals surface area (Å²) in [6.45, 7) is 0. The average molecular weight is 267 g/mol. The number of hydrogen-bond donors (Lipinski definition) is 1. The summed E-state index contributed by atoms with van der Waals surface area (Å²) in [7, 11) is -1.64. The van der Waals surface area contributed by atoms with Crippen LogP contribution in [0.2, 0.25) is 0 Å². The number of carbonyl (C=O) groups excluding carboxylic acids is 1. The molecule has 1 aliphatic rings. The molecule has 0 bridgehead atoms. The number of ether oxygens (including phenoxy) is 1. The van der Waals surface area contributed by atoms with Gasteiger partial charge < -0.3 is 10.1 Å². The zero-order valence-electron chi connectivity index (χ0n) is 9.79. The third-order valence-electron chi connectivity index (χ3n) is 2.58. The number of hydrogen-bond acceptors (Lipinski definition) is 4.